The van der Waals surface area contributed by atoms with Crippen LogP contribution in [-0.2, 0) is 4.74 Å². The number of para-hydroxylation sites is 1. The van der Waals surface area contributed by atoms with Gasteiger partial charge in [0.25, 0.3) is 5.91 Å². The Balaban J connectivity index is 2.24. The van der Waals surface area contributed by atoms with Gasteiger partial charge in [0.2, 0.25) is 0 Å². The number of nitrogens with one attached hydrogen (secondary N) is 1. The van der Waals surface area contributed by atoms with E-state index in [0.717, 1.165) is 0 Å². The van der Waals surface area contributed by atoms with E-state index in [1.165, 1.54) is 13.2 Å². The summed E-state index contributed by atoms with van der Waals surface area (Å²) in [5.74, 6) is -0.391. The molecule has 23 heavy (non-hydrogen) atoms. The van der Waals surface area contributed by atoms with Crippen molar-refractivity contribution in [3.63, 3.8) is 0 Å². The number of anilines is 1. The normalized spacial score (nSPS) is 10.0. The molecule has 0 saturated heterocycles. The van der Waals surface area contributed by atoms with Crippen molar-refractivity contribution in [3.8, 4) is 5.75 Å². The van der Waals surface area contributed by atoms with E-state index in [1.807, 2.05) is 0 Å². The predicted molar refractivity (Wildman–Crippen MR) is 88.4 cm³/mol. The van der Waals surface area contributed by atoms with Gasteiger partial charge in [0, 0.05) is 5.56 Å². The molecule has 0 heterocycles. The molecular weight excluding hydrogens is 318 g/mol. The van der Waals surface area contributed by atoms with Gasteiger partial charge in [0.05, 0.1) is 30.0 Å². The molecule has 0 saturated carbocycles. The maximum absolute atomic E-state index is 12.3. The Morgan fingerprint density at radius 2 is 1.91 bits per heavy atom. The third kappa shape index (κ3) is 4.02. The number of methoxy groups -OCH3 is 1. The zero-order valence-electron chi connectivity index (χ0n) is 12.8. The molecule has 6 heteroatoms. The minimum Gasteiger partial charge on any atom is -0.495 e. The highest BCUT2D eigenvalue weighted by Crippen LogP contribution is 2.25. The van der Waals surface area contributed by atoms with Gasteiger partial charge in [-0.15, -0.1) is 0 Å². The summed E-state index contributed by atoms with van der Waals surface area (Å²) in [6.07, 6.45) is 0. The number of esters is 1. The monoisotopic (exact) mass is 333 g/mol. The molecule has 0 radical (unpaired) electrons. The van der Waals surface area contributed by atoms with Crippen LogP contribution in [0.25, 0.3) is 0 Å². The molecule has 2 aromatic carbocycles. The lowest BCUT2D eigenvalue weighted by Gasteiger charge is -2.11. The second kappa shape index (κ2) is 7.65. The van der Waals surface area contributed by atoms with Crippen LogP contribution >= 0.6 is 11.6 Å². The highest BCUT2D eigenvalue weighted by atomic mass is 35.5. The average molecular weight is 334 g/mol. The number of rotatable bonds is 5. The molecule has 1 N–H and O–H groups in total. The molecular formula is C17H16ClNO4. The van der Waals surface area contributed by atoms with Crippen molar-refractivity contribution in [3.05, 3.63) is 58.6 Å². The largest absolute Gasteiger partial charge is 0.495 e. The maximum Gasteiger partial charge on any atom is 0.340 e. The van der Waals surface area contributed by atoms with E-state index in [0.29, 0.717) is 27.6 Å². The standard InChI is InChI=1S/C17H16ClNO4/c1-3-23-17(21)12-6-4-5-7-14(12)19-16(20)11-8-9-15(22-2)13(18)10-11/h4-10H,3H2,1-2H3,(H,19,20). The number of carbonyl (C=O) groups excluding carboxylic acids is 2. The molecule has 2 rings (SSSR count). The fraction of sp³-hybridized carbons (Fsp3) is 0.176. The Morgan fingerprint density at radius 1 is 1.17 bits per heavy atom. The van der Waals surface area contributed by atoms with Crippen LogP contribution in [0.2, 0.25) is 5.02 Å². The van der Waals surface area contributed by atoms with Gasteiger partial charge in [-0.05, 0) is 37.3 Å². The van der Waals surface area contributed by atoms with Crippen LogP contribution in [0.4, 0.5) is 5.69 Å². The van der Waals surface area contributed by atoms with Crippen molar-refractivity contribution in [2.45, 2.75) is 6.92 Å². The summed E-state index contributed by atoms with van der Waals surface area (Å²) >= 11 is 6.02. The Morgan fingerprint density at radius 3 is 2.57 bits per heavy atom. The van der Waals surface area contributed by atoms with Crippen molar-refractivity contribution < 1.29 is 19.1 Å². The zero-order valence-corrected chi connectivity index (χ0v) is 13.5. The molecule has 0 bridgehead atoms. The third-order valence-electron chi connectivity index (χ3n) is 3.08. The summed E-state index contributed by atoms with van der Waals surface area (Å²) in [7, 11) is 1.50. The van der Waals surface area contributed by atoms with E-state index < -0.39 is 5.97 Å². The molecule has 0 aromatic heterocycles. The Hall–Kier alpha value is -2.53. The molecule has 0 aliphatic rings. The third-order valence-corrected chi connectivity index (χ3v) is 3.38. The fourth-order valence-electron chi connectivity index (χ4n) is 1.98. The van der Waals surface area contributed by atoms with Crippen molar-refractivity contribution >= 4 is 29.2 Å². The first-order valence-electron chi connectivity index (χ1n) is 6.97. The summed E-state index contributed by atoms with van der Waals surface area (Å²) in [4.78, 5) is 24.2. The Bertz CT molecular complexity index is 730. The van der Waals surface area contributed by atoms with Gasteiger partial charge in [-0.25, -0.2) is 4.79 Å². The Kier molecular flexibility index (Phi) is 5.60. The van der Waals surface area contributed by atoms with Crippen LogP contribution in [0, 0.1) is 0 Å². The zero-order chi connectivity index (χ0) is 16.8. The van der Waals surface area contributed by atoms with Gasteiger partial charge in [-0.1, -0.05) is 23.7 Å². The van der Waals surface area contributed by atoms with Crippen molar-refractivity contribution in [1.29, 1.82) is 0 Å². The van der Waals surface area contributed by atoms with E-state index in [4.69, 9.17) is 21.1 Å². The first kappa shape index (κ1) is 16.8. The molecule has 0 unspecified atom stereocenters. The number of amides is 1. The second-order valence-corrected chi connectivity index (χ2v) is 4.98. The van der Waals surface area contributed by atoms with Gasteiger partial charge in [0.15, 0.2) is 0 Å². The summed E-state index contributed by atoms with van der Waals surface area (Å²) in [6, 6.07) is 11.3. The number of ether oxygens (including phenoxy) is 2. The summed E-state index contributed by atoms with van der Waals surface area (Å²) in [5.41, 5.74) is 1.03. The number of halogens is 1. The number of carbonyl (C=O) groups is 2. The van der Waals surface area contributed by atoms with Crippen LogP contribution in [-0.4, -0.2) is 25.6 Å². The van der Waals surface area contributed by atoms with Gasteiger partial charge in [-0.3, -0.25) is 4.79 Å². The quantitative estimate of drug-likeness (QED) is 0.846. The number of hydrogen-bond donors (Lipinski definition) is 1. The highest BCUT2D eigenvalue weighted by Gasteiger charge is 2.15. The van der Waals surface area contributed by atoms with Gasteiger partial charge < -0.3 is 14.8 Å². The van der Waals surface area contributed by atoms with Crippen LogP contribution in [0.15, 0.2) is 42.5 Å². The van der Waals surface area contributed by atoms with Gasteiger partial charge in [-0.2, -0.15) is 0 Å². The lowest BCUT2D eigenvalue weighted by atomic mass is 10.1. The molecule has 0 fully saturated rings. The lowest BCUT2D eigenvalue weighted by molar-refractivity contribution is 0.0527. The molecule has 120 valence electrons. The molecule has 1 amide bonds. The topological polar surface area (TPSA) is 64.6 Å². The van der Waals surface area contributed by atoms with Gasteiger partial charge >= 0.3 is 5.97 Å². The van der Waals surface area contributed by atoms with E-state index in [-0.39, 0.29) is 12.5 Å². The smallest absolute Gasteiger partial charge is 0.340 e. The minimum absolute atomic E-state index is 0.259. The molecule has 2 aromatic rings. The lowest BCUT2D eigenvalue weighted by Crippen LogP contribution is -2.16. The molecule has 0 aliphatic heterocycles. The molecule has 5 nitrogen and oxygen atoms in total. The summed E-state index contributed by atoms with van der Waals surface area (Å²) < 4.78 is 10.0. The predicted octanol–water partition coefficient (Wildman–Crippen LogP) is 3.78. The van der Waals surface area contributed by atoms with Crippen molar-refractivity contribution in [1.82, 2.24) is 0 Å². The van der Waals surface area contributed by atoms with Crippen LogP contribution < -0.4 is 10.1 Å². The molecule has 0 aliphatic carbocycles. The SMILES string of the molecule is CCOC(=O)c1ccccc1NC(=O)c1ccc(OC)c(Cl)c1. The maximum atomic E-state index is 12.3. The molecule has 0 spiro atoms. The van der Waals surface area contributed by atoms with E-state index >= 15 is 0 Å². The first-order valence-corrected chi connectivity index (χ1v) is 7.35. The highest BCUT2D eigenvalue weighted by molar-refractivity contribution is 6.32. The first-order chi connectivity index (χ1) is 11.1. The molecule has 0 atom stereocenters. The van der Waals surface area contributed by atoms with Crippen LogP contribution in [0.5, 0.6) is 5.75 Å². The Labute approximate surface area is 139 Å². The van der Waals surface area contributed by atoms with E-state index in [2.05, 4.69) is 5.32 Å². The van der Waals surface area contributed by atoms with Crippen LogP contribution in [0.3, 0.4) is 0 Å². The van der Waals surface area contributed by atoms with Gasteiger partial charge in [0.1, 0.15) is 5.75 Å². The minimum atomic E-state index is -0.490. The van der Waals surface area contributed by atoms with Crippen LogP contribution in [0.1, 0.15) is 27.6 Å². The van der Waals surface area contributed by atoms with Crippen molar-refractivity contribution in [2.24, 2.45) is 0 Å². The summed E-state index contributed by atoms with van der Waals surface area (Å²) in [6.45, 7) is 1.98. The average Bonchev–Trinajstić information content (AvgIpc) is 2.55. The summed E-state index contributed by atoms with van der Waals surface area (Å²) in [5, 5.41) is 3.02. The van der Waals surface area contributed by atoms with E-state index in [1.54, 1.807) is 43.3 Å². The fourth-order valence-corrected chi connectivity index (χ4v) is 2.24. The second-order valence-electron chi connectivity index (χ2n) is 4.57. The van der Waals surface area contributed by atoms with Crippen molar-refractivity contribution in [2.75, 3.05) is 19.0 Å². The van der Waals surface area contributed by atoms with E-state index in [9.17, 15) is 9.59 Å². The number of hydrogen-bond acceptors (Lipinski definition) is 4. The number of benzene rings is 2.